The minimum atomic E-state index is -0.188. The summed E-state index contributed by atoms with van der Waals surface area (Å²) < 4.78 is 12.6. The molecule has 0 saturated heterocycles. The van der Waals surface area contributed by atoms with E-state index in [1.54, 1.807) is 45.6 Å². The monoisotopic (exact) mass is 407 g/mol. The highest BCUT2D eigenvalue weighted by Gasteiger charge is 2.10. The second-order valence-corrected chi connectivity index (χ2v) is 6.64. The van der Waals surface area contributed by atoms with Gasteiger partial charge in [-0.1, -0.05) is 0 Å². The molecule has 0 unspecified atom stereocenters. The molecule has 0 spiro atoms. The molecule has 8 heteroatoms. The van der Waals surface area contributed by atoms with Gasteiger partial charge in [-0.3, -0.25) is 4.79 Å². The predicted octanol–water partition coefficient (Wildman–Crippen LogP) is 3.43. The van der Waals surface area contributed by atoms with Crippen LogP contribution in [0.5, 0.6) is 11.5 Å². The number of methoxy groups -OCH3 is 2. The average molecular weight is 408 g/mol. The first-order chi connectivity index (χ1) is 11.5. The number of fused-ring (bicyclic) bond motifs is 1. The van der Waals surface area contributed by atoms with Gasteiger partial charge in [-0.05, 0) is 46.4 Å². The summed E-state index contributed by atoms with van der Waals surface area (Å²) >= 11 is 4.90. The molecule has 0 saturated carbocycles. The Bertz CT molecular complexity index is 994. The van der Waals surface area contributed by atoms with Crippen LogP contribution < -0.4 is 15.0 Å². The van der Waals surface area contributed by atoms with Gasteiger partial charge in [-0.25, -0.2) is 4.98 Å². The maximum Gasteiger partial charge on any atom is 0.282 e. The highest BCUT2D eigenvalue weighted by Crippen LogP contribution is 2.32. The molecule has 0 bridgehead atoms. The van der Waals surface area contributed by atoms with Crippen LogP contribution in [0.3, 0.4) is 0 Å². The van der Waals surface area contributed by atoms with Gasteiger partial charge in [0.15, 0.2) is 11.5 Å². The first kappa shape index (κ1) is 16.7. The molecule has 0 N–H and O–H groups in total. The Kier molecular flexibility index (Phi) is 4.68. The van der Waals surface area contributed by atoms with E-state index in [0.29, 0.717) is 22.7 Å². The molecule has 2 aromatic heterocycles. The van der Waals surface area contributed by atoms with Crippen molar-refractivity contribution in [3.63, 3.8) is 0 Å². The van der Waals surface area contributed by atoms with E-state index in [1.165, 1.54) is 16.0 Å². The molecule has 1 aromatic carbocycles. The van der Waals surface area contributed by atoms with Crippen molar-refractivity contribution in [3.05, 3.63) is 49.8 Å². The van der Waals surface area contributed by atoms with Crippen molar-refractivity contribution in [2.24, 2.45) is 5.10 Å². The van der Waals surface area contributed by atoms with E-state index in [4.69, 9.17) is 9.47 Å². The van der Waals surface area contributed by atoms with Gasteiger partial charge in [0.1, 0.15) is 10.7 Å². The molecule has 24 heavy (non-hydrogen) atoms. The highest BCUT2D eigenvalue weighted by atomic mass is 79.9. The molecule has 3 rings (SSSR count). The number of rotatable bonds is 4. The minimum absolute atomic E-state index is 0.188. The molecule has 6 nitrogen and oxygen atoms in total. The van der Waals surface area contributed by atoms with Gasteiger partial charge < -0.3 is 9.47 Å². The Hall–Kier alpha value is -2.19. The van der Waals surface area contributed by atoms with E-state index in [1.807, 2.05) is 5.38 Å². The van der Waals surface area contributed by atoms with Crippen LogP contribution in [0.15, 0.2) is 37.9 Å². The Balaban J connectivity index is 2.07. The van der Waals surface area contributed by atoms with Crippen molar-refractivity contribution >= 4 is 43.7 Å². The molecule has 0 amide bonds. The summed E-state index contributed by atoms with van der Waals surface area (Å²) in [5.41, 5.74) is 0.566. The van der Waals surface area contributed by atoms with Crippen LogP contribution in [0, 0.1) is 6.92 Å². The van der Waals surface area contributed by atoms with Crippen LogP contribution in [0.4, 0.5) is 0 Å². The fourth-order valence-electron chi connectivity index (χ4n) is 2.23. The van der Waals surface area contributed by atoms with Gasteiger partial charge in [-0.2, -0.15) is 9.78 Å². The Labute approximate surface area is 150 Å². The number of aromatic nitrogens is 2. The second-order valence-electron chi connectivity index (χ2n) is 4.89. The van der Waals surface area contributed by atoms with Gasteiger partial charge in [0, 0.05) is 10.0 Å². The lowest BCUT2D eigenvalue weighted by atomic mass is 10.2. The smallest absolute Gasteiger partial charge is 0.282 e. The molecule has 0 aliphatic heterocycles. The van der Waals surface area contributed by atoms with Gasteiger partial charge in [0.2, 0.25) is 0 Å². The summed E-state index contributed by atoms with van der Waals surface area (Å²) in [4.78, 5) is 17.6. The molecule has 2 heterocycles. The molecule has 0 aliphatic carbocycles. The van der Waals surface area contributed by atoms with Crippen LogP contribution in [0.2, 0.25) is 0 Å². The second kappa shape index (κ2) is 6.74. The molecule has 0 fully saturated rings. The van der Waals surface area contributed by atoms with Crippen LogP contribution in [-0.4, -0.2) is 30.1 Å². The zero-order valence-electron chi connectivity index (χ0n) is 13.2. The number of halogens is 1. The van der Waals surface area contributed by atoms with E-state index in [0.717, 1.165) is 14.9 Å². The Morgan fingerprint density at radius 2 is 2.00 bits per heavy atom. The summed E-state index contributed by atoms with van der Waals surface area (Å²) in [5, 5.41) is 6.70. The number of benzene rings is 1. The van der Waals surface area contributed by atoms with Crippen molar-refractivity contribution in [1.29, 1.82) is 0 Å². The lowest BCUT2D eigenvalue weighted by Crippen LogP contribution is -2.19. The summed E-state index contributed by atoms with van der Waals surface area (Å²) in [5.74, 6) is 1.72. The van der Waals surface area contributed by atoms with Crippen molar-refractivity contribution in [2.75, 3.05) is 14.2 Å². The number of ether oxygens (including phenoxy) is 2. The molecule has 0 radical (unpaired) electrons. The number of nitrogens with zero attached hydrogens (tertiary/aromatic N) is 3. The van der Waals surface area contributed by atoms with Gasteiger partial charge in [0.05, 0.1) is 25.8 Å². The highest BCUT2D eigenvalue weighted by molar-refractivity contribution is 9.10. The molecule has 124 valence electrons. The SMILES string of the molecule is COc1cc(Br)c(C=Nn2c(C)nc3sccc3c2=O)cc1OC. The van der Waals surface area contributed by atoms with E-state index in [-0.39, 0.29) is 5.56 Å². The third-order valence-corrected chi connectivity index (χ3v) is 4.95. The zero-order chi connectivity index (χ0) is 17.3. The lowest BCUT2D eigenvalue weighted by molar-refractivity contribution is 0.354. The summed E-state index contributed by atoms with van der Waals surface area (Å²) in [6.45, 7) is 1.75. The molecule has 0 atom stereocenters. The van der Waals surface area contributed by atoms with Gasteiger partial charge in [-0.15, -0.1) is 11.3 Å². The number of thiophene rings is 1. The first-order valence-electron chi connectivity index (χ1n) is 6.98. The minimum Gasteiger partial charge on any atom is -0.493 e. The summed E-state index contributed by atoms with van der Waals surface area (Å²) in [6, 6.07) is 5.33. The Morgan fingerprint density at radius 3 is 2.71 bits per heavy atom. The van der Waals surface area contributed by atoms with E-state index >= 15 is 0 Å². The first-order valence-corrected chi connectivity index (χ1v) is 8.65. The zero-order valence-corrected chi connectivity index (χ0v) is 15.6. The van der Waals surface area contributed by atoms with E-state index in [9.17, 15) is 4.79 Å². The van der Waals surface area contributed by atoms with Crippen molar-refractivity contribution in [1.82, 2.24) is 9.66 Å². The average Bonchev–Trinajstić information content (AvgIpc) is 3.03. The molecular formula is C16H14BrN3O3S. The van der Waals surface area contributed by atoms with Crippen LogP contribution in [0.25, 0.3) is 10.2 Å². The standard InChI is InChI=1S/C16H14BrN3O3S/c1-9-19-15-11(4-5-24-15)16(21)20(9)18-8-10-6-13(22-2)14(23-3)7-12(10)17/h4-8H,1-3H3. The van der Waals surface area contributed by atoms with Crippen LogP contribution in [-0.2, 0) is 0 Å². The maximum absolute atomic E-state index is 12.5. The van der Waals surface area contributed by atoms with E-state index < -0.39 is 0 Å². The summed E-state index contributed by atoms with van der Waals surface area (Å²) in [7, 11) is 3.14. The third-order valence-electron chi connectivity index (χ3n) is 3.45. The number of hydrogen-bond acceptors (Lipinski definition) is 6. The fourth-order valence-corrected chi connectivity index (χ4v) is 3.46. The quantitative estimate of drug-likeness (QED) is 0.621. The van der Waals surface area contributed by atoms with Crippen molar-refractivity contribution in [2.45, 2.75) is 6.92 Å². The van der Waals surface area contributed by atoms with Crippen molar-refractivity contribution in [3.8, 4) is 11.5 Å². The van der Waals surface area contributed by atoms with Crippen LogP contribution >= 0.6 is 27.3 Å². The number of aryl methyl sites for hydroxylation is 1. The normalized spacial score (nSPS) is 11.3. The fraction of sp³-hybridized carbons (Fsp3) is 0.188. The maximum atomic E-state index is 12.5. The topological polar surface area (TPSA) is 65.7 Å². The summed E-state index contributed by atoms with van der Waals surface area (Å²) in [6.07, 6.45) is 1.58. The van der Waals surface area contributed by atoms with Gasteiger partial charge >= 0.3 is 0 Å². The van der Waals surface area contributed by atoms with Crippen molar-refractivity contribution < 1.29 is 9.47 Å². The molecular weight excluding hydrogens is 394 g/mol. The molecule has 0 aliphatic rings. The van der Waals surface area contributed by atoms with Crippen LogP contribution in [0.1, 0.15) is 11.4 Å². The van der Waals surface area contributed by atoms with E-state index in [2.05, 4.69) is 26.0 Å². The third kappa shape index (κ3) is 2.94. The number of hydrogen-bond donors (Lipinski definition) is 0. The Morgan fingerprint density at radius 1 is 1.29 bits per heavy atom. The van der Waals surface area contributed by atoms with Gasteiger partial charge in [0.25, 0.3) is 5.56 Å². The molecule has 3 aromatic rings. The largest absolute Gasteiger partial charge is 0.493 e. The lowest BCUT2D eigenvalue weighted by Gasteiger charge is -2.09. The predicted molar refractivity (Wildman–Crippen MR) is 98.9 cm³/mol.